The van der Waals surface area contributed by atoms with Crippen molar-refractivity contribution < 1.29 is 28.2 Å². The zero-order valence-electron chi connectivity index (χ0n) is 24.1. The standard InChI is InChI=1S/C31H39N5O6S/c37-28(38)20-43(41,42)34-11-9-33(10-12-34)24-5-7-25(8-6-24)35-13-14-36(27-4-2-1-3-26(27)35)30(39)32-29-22-15-21-16-23(29)19-31(40,17-21)18-22/h1-8,21-23,29,40H,9-20H2,(H,32,39)(H,37,38)/t21?,22?,23?,29-,31+. The molecule has 1 saturated heterocycles. The van der Waals surface area contributed by atoms with Crippen LogP contribution in [-0.4, -0.2) is 91.6 Å². The minimum atomic E-state index is -3.81. The molecule has 12 heteroatoms. The molecule has 8 rings (SSSR count). The minimum Gasteiger partial charge on any atom is -0.480 e. The Balaban J connectivity index is 1.02. The number of rotatable bonds is 6. The van der Waals surface area contributed by atoms with E-state index in [0.717, 1.165) is 54.9 Å². The van der Waals surface area contributed by atoms with Crippen LogP contribution < -0.4 is 20.0 Å². The van der Waals surface area contributed by atoms with Crippen LogP contribution in [-0.2, 0) is 14.8 Å². The maximum atomic E-state index is 13.7. The molecule has 0 spiro atoms. The summed E-state index contributed by atoms with van der Waals surface area (Å²) in [6.07, 6.45) is 4.72. The molecular formula is C31H39N5O6S. The molecule has 4 saturated carbocycles. The average molecular weight is 610 g/mol. The largest absolute Gasteiger partial charge is 0.480 e. The molecule has 2 heterocycles. The lowest BCUT2D eigenvalue weighted by atomic mass is 9.52. The Labute approximate surface area is 252 Å². The minimum absolute atomic E-state index is 0.0589. The topological polar surface area (TPSA) is 134 Å². The van der Waals surface area contributed by atoms with Gasteiger partial charge < -0.3 is 25.3 Å². The Morgan fingerprint density at radius 2 is 1.47 bits per heavy atom. The van der Waals surface area contributed by atoms with Crippen LogP contribution in [0, 0.1) is 17.8 Å². The first-order valence-electron chi connectivity index (χ1n) is 15.3. The van der Waals surface area contributed by atoms with E-state index in [4.69, 9.17) is 5.11 Å². The van der Waals surface area contributed by atoms with Gasteiger partial charge in [0.15, 0.2) is 5.75 Å². The van der Waals surface area contributed by atoms with Gasteiger partial charge in [0.1, 0.15) is 0 Å². The SMILES string of the molecule is O=C(O)CS(=O)(=O)N1CCN(c2ccc(N3CCN(C(=O)N[C@H]4C5CC6CC4C[C@@](O)(C6)C5)c4ccccc43)cc2)CC1. The number of hydrogen-bond donors (Lipinski definition) is 3. The molecule has 2 aromatic rings. The van der Waals surface area contributed by atoms with Crippen LogP contribution >= 0.6 is 0 Å². The highest BCUT2D eigenvalue weighted by atomic mass is 32.2. The fourth-order valence-corrected chi connectivity index (χ4v) is 9.81. The molecule has 0 aromatic heterocycles. The molecule has 4 bridgehead atoms. The second-order valence-electron chi connectivity index (χ2n) is 13.0. The van der Waals surface area contributed by atoms with Crippen LogP contribution in [0.4, 0.5) is 27.5 Å². The lowest BCUT2D eigenvalue weighted by Gasteiger charge is -2.58. The lowest BCUT2D eigenvalue weighted by Crippen LogP contribution is -2.63. The molecular weight excluding hydrogens is 570 g/mol. The predicted octanol–water partition coefficient (Wildman–Crippen LogP) is 2.83. The predicted molar refractivity (Wildman–Crippen MR) is 163 cm³/mol. The monoisotopic (exact) mass is 609 g/mol. The first-order valence-corrected chi connectivity index (χ1v) is 16.9. The van der Waals surface area contributed by atoms with Crippen molar-refractivity contribution in [1.82, 2.24) is 9.62 Å². The van der Waals surface area contributed by atoms with Crippen LogP contribution in [0.15, 0.2) is 48.5 Å². The van der Waals surface area contributed by atoms with Crippen LogP contribution in [0.2, 0.25) is 0 Å². The summed E-state index contributed by atoms with van der Waals surface area (Å²) in [5.74, 6) is -0.926. The number of benzene rings is 2. The van der Waals surface area contributed by atoms with Gasteiger partial charge in [-0.3, -0.25) is 9.69 Å². The van der Waals surface area contributed by atoms with Gasteiger partial charge in [-0.25, -0.2) is 13.2 Å². The lowest BCUT2D eigenvalue weighted by molar-refractivity contribution is -0.136. The van der Waals surface area contributed by atoms with Crippen LogP contribution in [0.3, 0.4) is 0 Å². The number of piperazine rings is 1. The van der Waals surface area contributed by atoms with Crippen molar-refractivity contribution in [3.05, 3.63) is 48.5 Å². The van der Waals surface area contributed by atoms with E-state index in [1.165, 1.54) is 4.31 Å². The Morgan fingerprint density at radius 3 is 2.09 bits per heavy atom. The number of amides is 2. The third-order valence-corrected chi connectivity index (χ3v) is 12.0. The van der Waals surface area contributed by atoms with Gasteiger partial charge in [-0.15, -0.1) is 0 Å². The fraction of sp³-hybridized carbons (Fsp3) is 0.548. The maximum absolute atomic E-state index is 13.7. The second kappa shape index (κ2) is 10.7. The van der Waals surface area contributed by atoms with E-state index in [-0.39, 0.29) is 25.2 Å². The van der Waals surface area contributed by atoms with Gasteiger partial charge in [0, 0.05) is 56.7 Å². The van der Waals surface area contributed by atoms with Gasteiger partial charge in [0.25, 0.3) is 0 Å². The number of carbonyl (C=O) groups excluding carboxylic acids is 1. The first kappa shape index (κ1) is 28.4. The van der Waals surface area contributed by atoms with Gasteiger partial charge in [-0.2, -0.15) is 4.31 Å². The molecule has 11 nitrogen and oxygen atoms in total. The highest BCUT2D eigenvalue weighted by molar-refractivity contribution is 7.89. The van der Waals surface area contributed by atoms with E-state index in [9.17, 15) is 23.1 Å². The molecule has 2 aromatic carbocycles. The summed E-state index contributed by atoms with van der Waals surface area (Å²) in [5, 5.41) is 23.3. The second-order valence-corrected chi connectivity index (χ2v) is 15.0. The number of aliphatic hydroxyl groups is 1. The summed E-state index contributed by atoms with van der Waals surface area (Å²) in [6, 6.07) is 16.2. The first-order chi connectivity index (χ1) is 20.6. The smallest absolute Gasteiger partial charge is 0.322 e. The number of urea groups is 1. The molecule has 2 amide bonds. The van der Waals surface area contributed by atoms with Crippen LogP contribution in [0.25, 0.3) is 0 Å². The van der Waals surface area contributed by atoms with Gasteiger partial charge in [-0.05, 0) is 86.3 Å². The molecule has 5 fully saturated rings. The van der Waals surface area contributed by atoms with E-state index >= 15 is 0 Å². The van der Waals surface area contributed by atoms with Crippen molar-refractivity contribution in [2.45, 2.75) is 43.7 Å². The molecule has 2 aliphatic heterocycles. The number of anilines is 4. The van der Waals surface area contributed by atoms with Gasteiger partial charge >= 0.3 is 12.0 Å². The van der Waals surface area contributed by atoms with Gasteiger partial charge in [-0.1, -0.05) is 12.1 Å². The number of carboxylic acids is 1. The number of nitrogens with zero attached hydrogens (tertiary/aromatic N) is 4. The van der Waals surface area contributed by atoms with Crippen LogP contribution in [0.1, 0.15) is 32.1 Å². The summed E-state index contributed by atoms with van der Waals surface area (Å²) >= 11 is 0. The average Bonchev–Trinajstić information content (AvgIpc) is 2.97. The number of nitrogens with one attached hydrogen (secondary N) is 1. The van der Waals surface area contributed by atoms with Crippen molar-refractivity contribution >= 4 is 44.8 Å². The maximum Gasteiger partial charge on any atom is 0.322 e. The Hall–Kier alpha value is -3.35. The number of carbonyl (C=O) groups is 2. The molecule has 2 atom stereocenters. The molecule has 3 N–H and O–H groups in total. The number of para-hydroxylation sites is 2. The molecule has 6 aliphatic rings. The van der Waals surface area contributed by atoms with Gasteiger partial charge in [0.05, 0.1) is 17.0 Å². The summed E-state index contributed by atoms with van der Waals surface area (Å²) < 4.78 is 25.8. The van der Waals surface area contributed by atoms with Crippen molar-refractivity contribution in [3.63, 3.8) is 0 Å². The van der Waals surface area contributed by atoms with Crippen molar-refractivity contribution in [1.29, 1.82) is 0 Å². The Bertz CT molecular complexity index is 1490. The van der Waals surface area contributed by atoms with E-state index < -0.39 is 27.3 Å². The summed E-state index contributed by atoms with van der Waals surface area (Å²) in [5.41, 5.74) is 3.30. The third kappa shape index (κ3) is 5.33. The van der Waals surface area contributed by atoms with E-state index in [1.54, 1.807) is 0 Å². The van der Waals surface area contributed by atoms with E-state index in [1.807, 2.05) is 41.3 Å². The van der Waals surface area contributed by atoms with Gasteiger partial charge in [0.2, 0.25) is 10.0 Å². The number of carboxylic acid groups (broad SMARTS) is 1. The zero-order valence-corrected chi connectivity index (χ0v) is 25.0. The van der Waals surface area contributed by atoms with Crippen LogP contribution in [0.5, 0.6) is 0 Å². The van der Waals surface area contributed by atoms with Crippen molar-refractivity contribution in [3.8, 4) is 0 Å². The Morgan fingerprint density at radius 1 is 0.837 bits per heavy atom. The van der Waals surface area contributed by atoms with Crippen molar-refractivity contribution in [2.75, 3.05) is 59.7 Å². The van der Waals surface area contributed by atoms with E-state index in [0.29, 0.717) is 43.9 Å². The summed E-state index contributed by atoms with van der Waals surface area (Å²) in [7, 11) is -3.81. The van der Waals surface area contributed by atoms with Crippen molar-refractivity contribution in [2.24, 2.45) is 17.8 Å². The number of sulfonamides is 1. The number of hydrogen-bond acceptors (Lipinski definition) is 7. The highest BCUT2D eigenvalue weighted by Crippen LogP contribution is 2.55. The van der Waals surface area contributed by atoms with E-state index in [2.05, 4.69) is 27.2 Å². The molecule has 0 radical (unpaired) electrons. The quantitative estimate of drug-likeness (QED) is 0.456. The molecule has 230 valence electrons. The normalized spacial score (nSPS) is 30.3. The fourth-order valence-electron chi connectivity index (χ4n) is 8.59. The summed E-state index contributed by atoms with van der Waals surface area (Å²) in [4.78, 5) is 30.8. The highest BCUT2D eigenvalue weighted by Gasteiger charge is 2.55. The molecule has 43 heavy (non-hydrogen) atoms. The Kier molecular flexibility index (Phi) is 7.05. The zero-order chi connectivity index (χ0) is 29.9. The number of fused-ring (bicyclic) bond motifs is 1. The number of aliphatic carboxylic acids is 1. The third-order valence-electron chi connectivity index (χ3n) is 10.3. The molecule has 2 unspecified atom stereocenters. The molecule has 4 aliphatic carbocycles. The summed E-state index contributed by atoms with van der Waals surface area (Å²) in [6.45, 7) is 2.65.